The molecule has 1 aliphatic carbocycles. The summed E-state index contributed by atoms with van der Waals surface area (Å²) >= 11 is 1.43. The zero-order valence-electron chi connectivity index (χ0n) is 13.4. The molecule has 1 saturated carbocycles. The van der Waals surface area contributed by atoms with Crippen LogP contribution in [0.3, 0.4) is 0 Å². The van der Waals surface area contributed by atoms with E-state index in [-0.39, 0.29) is 5.91 Å². The van der Waals surface area contributed by atoms with Crippen LogP contribution in [-0.4, -0.2) is 30.6 Å². The molecule has 23 heavy (non-hydrogen) atoms. The SMILES string of the molecule is COc1ccccc1CCNC(=O)c1sc(NC2CC2)nc1C. The van der Waals surface area contributed by atoms with Gasteiger partial charge in [-0.1, -0.05) is 29.5 Å². The molecule has 1 fully saturated rings. The summed E-state index contributed by atoms with van der Waals surface area (Å²) in [7, 11) is 1.66. The van der Waals surface area contributed by atoms with Crippen molar-refractivity contribution < 1.29 is 9.53 Å². The molecule has 1 aromatic carbocycles. The molecule has 0 radical (unpaired) electrons. The topological polar surface area (TPSA) is 63.2 Å². The largest absolute Gasteiger partial charge is 0.496 e. The van der Waals surface area contributed by atoms with Crippen LogP contribution in [0.2, 0.25) is 0 Å². The number of hydrogen-bond acceptors (Lipinski definition) is 5. The minimum atomic E-state index is -0.0567. The van der Waals surface area contributed by atoms with Gasteiger partial charge in [0.05, 0.1) is 12.8 Å². The van der Waals surface area contributed by atoms with E-state index in [1.54, 1.807) is 7.11 Å². The van der Waals surface area contributed by atoms with E-state index in [2.05, 4.69) is 15.6 Å². The number of amides is 1. The van der Waals surface area contributed by atoms with Crippen LogP contribution in [0.15, 0.2) is 24.3 Å². The summed E-state index contributed by atoms with van der Waals surface area (Å²) in [5.41, 5.74) is 1.88. The van der Waals surface area contributed by atoms with Gasteiger partial charge in [0, 0.05) is 12.6 Å². The van der Waals surface area contributed by atoms with E-state index in [0.29, 0.717) is 17.5 Å². The van der Waals surface area contributed by atoms with Crippen molar-refractivity contribution >= 4 is 22.4 Å². The van der Waals surface area contributed by atoms with Gasteiger partial charge in [0.25, 0.3) is 5.91 Å². The lowest BCUT2D eigenvalue weighted by atomic mass is 10.1. The Morgan fingerprint density at radius 2 is 2.17 bits per heavy atom. The first-order chi connectivity index (χ1) is 11.2. The number of carbonyl (C=O) groups is 1. The Kier molecular flexibility index (Phi) is 4.81. The highest BCUT2D eigenvalue weighted by atomic mass is 32.1. The second-order valence-electron chi connectivity index (χ2n) is 5.67. The number of hydrogen-bond donors (Lipinski definition) is 2. The molecule has 2 aromatic rings. The average Bonchev–Trinajstić information content (AvgIpc) is 3.28. The lowest BCUT2D eigenvalue weighted by Crippen LogP contribution is -2.25. The zero-order valence-corrected chi connectivity index (χ0v) is 14.2. The molecule has 1 aromatic heterocycles. The normalized spacial score (nSPS) is 13.7. The van der Waals surface area contributed by atoms with E-state index >= 15 is 0 Å². The van der Waals surface area contributed by atoms with Crippen LogP contribution < -0.4 is 15.4 Å². The van der Waals surface area contributed by atoms with Crippen molar-refractivity contribution in [3.8, 4) is 5.75 Å². The number of anilines is 1. The minimum Gasteiger partial charge on any atom is -0.496 e. The molecule has 5 nitrogen and oxygen atoms in total. The standard InChI is InChI=1S/C17H21N3O2S/c1-11-15(23-17(19-11)20-13-7-8-13)16(21)18-10-9-12-5-3-4-6-14(12)22-2/h3-6,13H,7-10H2,1-2H3,(H,18,21)(H,19,20). The van der Waals surface area contributed by atoms with Crippen molar-refractivity contribution in [2.75, 3.05) is 19.0 Å². The summed E-state index contributed by atoms with van der Waals surface area (Å²) in [5.74, 6) is 0.797. The lowest BCUT2D eigenvalue weighted by Gasteiger charge is -2.08. The smallest absolute Gasteiger partial charge is 0.263 e. The van der Waals surface area contributed by atoms with Crippen LogP contribution in [0.1, 0.15) is 33.8 Å². The number of ether oxygens (including phenoxy) is 1. The Balaban J connectivity index is 1.55. The number of carbonyl (C=O) groups excluding carboxylic acids is 1. The second-order valence-corrected chi connectivity index (χ2v) is 6.67. The molecule has 2 N–H and O–H groups in total. The summed E-state index contributed by atoms with van der Waals surface area (Å²) in [6.45, 7) is 2.45. The Labute approximate surface area is 140 Å². The van der Waals surface area contributed by atoms with Crippen LogP contribution in [0, 0.1) is 6.92 Å². The molecule has 1 heterocycles. The fraction of sp³-hybridized carbons (Fsp3) is 0.412. The third-order valence-corrected chi connectivity index (χ3v) is 4.87. The second kappa shape index (κ2) is 7.00. The maximum atomic E-state index is 12.3. The number of aryl methyl sites for hydroxylation is 1. The van der Waals surface area contributed by atoms with Crippen LogP contribution in [0.4, 0.5) is 5.13 Å². The van der Waals surface area contributed by atoms with Gasteiger partial charge in [0.2, 0.25) is 0 Å². The molecule has 0 atom stereocenters. The molecule has 122 valence electrons. The van der Waals surface area contributed by atoms with Crippen molar-refractivity contribution in [2.45, 2.75) is 32.2 Å². The molecular formula is C17H21N3O2S. The predicted molar refractivity (Wildman–Crippen MR) is 92.5 cm³/mol. The van der Waals surface area contributed by atoms with Crippen LogP contribution in [0.5, 0.6) is 5.75 Å². The molecule has 1 aliphatic rings. The van der Waals surface area contributed by atoms with Crippen LogP contribution >= 0.6 is 11.3 Å². The van der Waals surface area contributed by atoms with Gasteiger partial charge in [-0.15, -0.1) is 0 Å². The molecule has 0 unspecified atom stereocenters. The van der Waals surface area contributed by atoms with E-state index in [9.17, 15) is 4.79 Å². The highest BCUT2D eigenvalue weighted by Gasteiger charge is 2.23. The third kappa shape index (κ3) is 4.01. The molecule has 3 rings (SSSR count). The van der Waals surface area contributed by atoms with Gasteiger partial charge in [-0.05, 0) is 37.8 Å². The van der Waals surface area contributed by atoms with Gasteiger partial charge in [0.1, 0.15) is 10.6 Å². The first-order valence-corrected chi connectivity index (χ1v) is 8.63. The maximum Gasteiger partial charge on any atom is 0.263 e. The number of benzene rings is 1. The summed E-state index contributed by atoms with van der Waals surface area (Å²) in [6.07, 6.45) is 3.12. The first kappa shape index (κ1) is 15.8. The molecule has 0 spiro atoms. The number of nitrogens with zero attached hydrogens (tertiary/aromatic N) is 1. The van der Waals surface area contributed by atoms with Crippen molar-refractivity contribution in [1.82, 2.24) is 10.3 Å². The van der Waals surface area contributed by atoms with Crippen molar-refractivity contribution in [3.63, 3.8) is 0 Å². The highest BCUT2D eigenvalue weighted by molar-refractivity contribution is 7.17. The average molecular weight is 331 g/mol. The van der Waals surface area contributed by atoms with E-state index in [1.165, 1.54) is 24.2 Å². The Hall–Kier alpha value is -2.08. The zero-order chi connectivity index (χ0) is 16.2. The number of thiazole rings is 1. The Bertz CT molecular complexity index is 695. The Morgan fingerprint density at radius 3 is 2.91 bits per heavy atom. The number of methoxy groups -OCH3 is 1. The maximum absolute atomic E-state index is 12.3. The lowest BCUT2D eigenvalue weighted by molar-refractivity contribution is 0.0957. The van der Waals surface area contributed by atoms with Crippen molar-refractivity contribution in [3.05, 3.63) is 40.4 Å². The molecule has 0 saturated heterocycles. The molecule has 6 heteroatoms. The van der Waals surface area contributed by atoms with Gasteiger partial charge in [-0.25, -0.2) is 4.98 Å². The van der Waals surface area contributed by atoms with Crippen LogP contribution in [0.25, 0.3) is 0 Å². The summed E-state index contributed by atoms with van der Waals surface area (Å²) < 4.78 is 5.32. The summed E-state index contributed by atoms with van der Waals surface area (Å²) in [5, 5.41) is 7.16. The fourth-order valence-electron chi connectivity index (χ4n) is 2.37. The summed E-state index contributed by atoms with van der Waals surface area (Å²) in [4.78, 5) is 17.4. The highest BCUT2D eigenvalue weighted by Crippen LogP contribution is 2.29. The number of nitrogens with one attached hydrogen (secondary N) is 2. The van der Waals surface area contributed by atoms with E-state index in [0.717, 1.165) is 28.6 Å². The molecule has 0 aliphatic heterocycles. The summed E-state index contributed by atoms with van der Waals surface area (Å²) in [6, 6.07) is 8.40. The Morgan fingerprint density at radius 1 is 1.39 bits per heavy atom. The van der Waals surface area contributed by atoms with E-state index in [1.807, 2.05) is 31.2 Å². The monoisotopic (exact) mass is 331 g/mol. The van der Waals surface area contributed by atoms with E-state index in [4.69, 9.17) is 4.74 Å². The third-order valence-electron chi connectivity index (χ3n) is 3.78. The number of para-hydroxylation sites is 1. The molecule has 0 bridgehead atoms. The van der Waals surface area contributed by atoms with Crippen LogP contribution in [-0.2, 0) is 6.42 Å². The van der Waals surface area contributed by atoms with Gasteiger partial charge in [-0.3, -0.25) is 4.79 Å². The number of rotatable bonds is 7. The molecular weight excluding hydrogens is 310 g/mol. The molecule has 1 amide bonds. The van der Waals surface area contributed by atoms with Gasteiger partial charge < -0.3 is 15.4 Å². The number of aromatic nitrogens is 1. The first-order valence-electron chi connectivity index (χ1n) is 7.81. The predicted octanol–water partition coefficient (Wildman–Crippen LogP) is 3.01. The van der Waals surface area contributed by atoms with Gasteiger partial charge >= 0.3 is 0 Å². The van der Waals surface area contributed by atoms with E-state index < -0.39 is 0 Å². The minimum absolute atomic E-state index is 0.0567. The van der Waals surface area contributed by atoms with Gasteiger partial charge in [-0.2, -0.15) is 0 Å². The quantitative estimate of drug-likeness (QED) is 0.819. The van der Waals surface area contributed by atoms with Crippen molar-refractivity contribution in [2.24, 2.45) is 0 Å². The van der Waals surface area contributed by atoms with Crippen molar-refractivity contribution in [1.29, 1.82) is 0 Å². The fourth-order valence-corrected chi connectivity index (χ4v) is 3.33. The van der Waals surface area contributed by atoms with Gasteiger partial charge in [0.15, 0.2) is 5.13 Å².